The number of hydrogen-bond acceptors (Lipinski definition) is 4. The van der Waals surface area contributed by atoms with E-state index in [1.54, 1.807) is 13.8 Å². The van der Waals surface area contributed by atoms with Gasteiger partial charge in [-0.05, 0) is 56.7 Å². The van der Waals surface area contributed by atoms with Gasteiger partial charge in [-0.15, -0.1) is 0 Å². The molecule has 2 aromatic rings. The van der Waals surface area contributed by atoms with Crippen molar-refractivity contribution in [1.82, 2.24) is 9.78 Å². The van der Waals surface area contributed by atoms with Crippen molar-refractivity contribution in [2.75, 3.05) is 0 Å². The minimum absolute atomic E-state index is 0.0109. The molecule has 0 atom stereocenters. The van der Waals surface area contributed by atoms with Gasteiger partial charge in [0.25, 0.3) is 0 Å². The molecule has 1 aliphatic carbocycles. The van der Waals surface area contributed by atoms with Crippen molar-refractivity contribution in [2.24, 2.45) is 0 Å². The molecule has 0 saturated heterocycles. The summed E-state index contributed by atoms with van der Waals surface area (Å²) in [6.07, 6.45) is 4.46. The highest BCUT2D eigenvalue weighted by Crippen LogP contribution is 2.24. The monoisotopic (exact) mass is 313 g/mol. The SMILES string of the molecule is Cc1nn(CC(=O)c2ccc3c(c2)CCCC3)c(C)c1[N+](=O)[O-]. The van der Waals surface area contributed by atoms with E-state index in [0.717, 1.165) is 19.3 Å². The number of Topliss-reactive ketones (excluding diaryl/α,β-unsaturated/α-hetero) is 1. The minimum Gasteiger partial charge on any atom is -0.292 e. The van der Waals surface area contributed by atoms with Gasteiger partial charge >= 0.3 is 5.69 Å². The van der Waals surface area contributed by atoms with Crippen molar-refractivity contribution in [2.45, 2.75) is 46.1 Å². The second-order valence-corrected chi connectivity index (χ2v) is 6.05. The molecule has 0 fully saturated rings. The van der Waals surface area contributed by atoms with Crippen LogP contribution in [0, 0.1) is 24.0 Å². The number of aryl methyl sites for hydroxylation is 3. The highest BCUT2D eigenvalue weighted by atomic mass is 16.6. The smallest absolute Gasteiger partial charge is 0.292 e. The molecule has 1 aliphatic rings. The minimum atomic E-state index is -0.447. The maximum Gasteiger partial charge on any atom is 0.312 e. The predicted molar refractivity (Wildman–Crippen MR) is 85.8 cm³/mol. The zero-order valence-electron chi connectivity index (χ0n) is 13.3. The second kappa shape index (κ2) is 5.95. The Bertz CT molecular complexity index is 793. The highest BCUT2D eigenvalue weighted by Gasteiger charge is 2.23. The second-order valence-electron chi connectivity index (χ2n) is 6.05. The molecule has 1 heterocycles. The molecule has 0 aliphatic heterocycles. The van der Waals surface area contributed by atoms with Gasteiger partial charge in [0, 0.05) is 5.56 Å². The molecule has 3 rings (SSSR count). The molecule has 1 aromatic carbocycles. The van der Waals surface area contributed by atoms with Crippen LogP contribution in [0.5, 0.6) is 0 Å². The predicted octanol–water partition coefficient (Wildman–Crippen LogP) is 3.17. The summed E-state index contributed by atoms with van der Waals surface area (Å²) in [5, 5.41) is 15.2. The number of nitro groups is 1. The summed E-state index contributed by atoms with van der Waals surface area (Å²) < 4.78 is 1.43. The van der Waals surface area contributed by atoms with Crippen LogP contribution >= 0.6 is 0 Å². The summed E-state index contributed by atoms with van der Waals surface area (Å²) in [4.78, 5) is 23.1. The standard InChI is InChI=1S/C17H19N3O3/c1-11-17(20(22)23)12(2)19(18-11)10-16(21)15-8-7-13-5-3-4-6-14(13)9-15/h7-9H,3-6,10H2,1-2H3. The molecule has 23 heavy (non-hydrogen) atoms. The summed E-state index contributed by atoms with van der Waals surface area (Å²) >= 11 is 0. The Morgan fingerprint density at radius 3 is 2.61 bits per heavy atom. The fourth-order valence-electron chi connectivity index (χ4n) is 3.24. The Morgan fingerprint density at radius 1 is 1.26 bits per heavy atom. The fourth-order valence-corrected chi connectivity index (χ4v) is 3.24. The van der Waals surface area contributed by atoms with Crippen LogP contribution in [-0.2, 0) is 19.4 Å². The number of fused-ring (bicyclic) bond motifs is 1. The first-order chi connectivity index (χ1) is 11.0. The van der Waals surface area contributed by atoms with E-state index in [4.69, 9.17) is 0 Å². The Kier molecular flexibility index (Phi) is 3.98. The van der Waals surface area contributed by atoms with Crippen LogP contribution in [0.4, 0.5) is 5.69 Å². The van der Waals surface area contributed by atoms with E-state index in [1.165, 1.54) is 22.2 Å². The van der Waals surface area contributed by atoms with Crippen LogP contribution in [0.15, 0.2) is 18.2 Å². The van der Waals surface area contributed by atoms with E-state index < -0.39 is 4.92 Å². The summed E-state index contributed by atoms with van der Waals surface area (Å²) in [5.74, 6) is -0.0705. The van der Waals surface area contributed by atoms with E-state index in [9.17, 15) is 14.9 Å². The zero-order chi connectivity index (χ0) is 16.6. The van der Waals surface area contributed by atoms with E-state index >= 15 is 0 Å². The average molecular weight is 313 g/mol. The van der Waals surface area contributed by atoms with Gasteiger partial charge in [-0.25, -0.2) is 0 Å². The molecule has 0 spiro atoms. The summed E-state index contributed by atoms with van der Waals surface area (Å²) in [5.41, 5.74) is 3.98. The molecule has 120 valence electrons. The highest BCUT2D eigenvalue weighted by molar-refractivity contribution is 5.96. The number of nitrogens with zero attached hydrogens (tertiary/aromatic N) is 3. The molecule has 0 amide bonds. The zero-order valence-corrected chi connectivity index (χ0v) is 13.3. The Hall–Kier alpha value is -2.50. The quantitative estimate of drug-likeness (QED) is 0.493. The number of hydrogen-bond donors (Lipinski definition) is 0. The first-order valence-electron chi connectivity index (χ1n) is 7.81. The number of benzene rings is 1. The molecule has 6 nitrogen and oxygen atoms in total. The lowest BCUT2D eigenvalue weighted by Gasteiger charge is -2.16. The Balaban J connectivity index is 1.85. The van der Waals surface area contributed by atoms with Crippen LogP contribution in [0.3, 0.4) is 0 Å². The van der Waals surface area contributed by atoms with Crippen LogP contribution in [0.1, 0.15) is 45.7 Å². The van der Waals surface area contributed by atoms with E-state index in [1.807, 2.05) is 18.2 Å². The van der Waals surface area contributed by atoms with Crippen molar-refractivity contribution < 1.29 is 9.72 Å². The van der Waals surface area contributed by atoms with Crippen molar-refractivity contribution >= 4 is 11.5 Å². The van der Waals surface area contributed by atoms with Gasteiger partial charge in [0.15, 0.2) is 5.78 Å². The van der Waals surface area contributed by atoms with E-state index in [2.05, 4.69) is 5.10 Å². The molecule has 0 radical (unpaired) electrons. The van der Waals surface area contributed by atoms with E-state index in [0.29, 0.717) is 17.0 Å². The normalized spacial score (nSPS) is 13.7. The van der Waals surface area contributed by atoms with Crippen molar-refractivity contribution in [3.63, 3.8) is 0 Å². The first-order valence-corrected chi connectivity index (χ1v) is 7.81. The number of carbonyl (C=O) groups excluding carboxylic acids is 1. The molecule has 1 aromatic heterocycles. The Morgan fingerprint density at radius 2 is 1.96 bits per heavy atom. The maximum absolute atomic E-state index is 12.5. The van der Waals surface area contributed by atoms with Gasteiger partial charge < -0.3 is 0 Å². The third kappa shape index (κ3) is 2.88. The van der Waals surface area contributed by atoms with Gasteiger partial charge in [-0.1, -0.05) is 12.1 Å². The van der Waals surface area contributed by atoms with Crippen molar-refractivity contribution in [3.05, 3.63) is 56.4 Å². The topological polar surface area (TPSA) is 78.0 Å². The lowest BCUT2D eigenvalue weighted by molar-refractivity contribution is -0.386. The summed E-state index contributed by atoms with van der Waals surface area (Å²) in [6.45, 7) is 3.24. The molecule has 0 unspecified atom stereocenters. The largest absolute Gasteiger partial charge is 0.312 e. The number of carbonyl (C=O) groups is 1. The van der Waals surface area contributed by atoms with Crippen LogP contribution in [0.25, 0.3) is 0 Å². The molecular formula is C17H19N3O3. The summed E-state index contributed by atoms with van der Waals surface area (Å²) in [6, 6.07) is 5.86. The molecule has 6 heteroatoms. The maximum atomic E-state index is 12.5. The van der Waals surface area contributed by atoms with Gasteiger partial charge in [0.2, 0.25) is 0 Å². The molecule has 0 bridgehead atoms. The lowest BCUT2D eigenvalue weighted by Crippen LogP contribution is -2.14. The third-order valence-corrected chi connectivity index (χ3v) is 4.49. The molecule has 0 N–H and O–H groups in total. The number of aromatic nitrogens is 2. The number of ketones is 1. The third-order valence-electron chi connectivity index (χ3n) is 4.49. The van der Waals surface area contributed by atoms with Crippen molar-refractivity contribution in [3.8, 4) is 0 Å². The molecular weight excluding hydrogens is 294 g/mol. The van der Waals surface area contributed by atoms with Gasteiger partial charge in [0.1, 0.15) is 17.9 Å². The van der Waals surface area contributed by atoms with Crippen LogP contribution in [-0.4, -0.2) is 20.5 Å². The fraction of sp³-hybridized carbons (Fsp3) is 0.412. The van der Waals surface area contributed by atoms with Crippen LogP contribution < -0.4 is 0 Å². The van der Waals surface area contributed by atoms with Crippen molar-refractivity contribution in [1.29, 1.82) is 0 Å². The lowest BCUT2D eigenvalue weighted by atomic mass is 9.90. The van der Waals surface area contributed by atoms with Gasteiger partial charge in [-0.3, -0.25) is 19.6 Å². The molecule has 0 saturated carbocycles. The van der Waals surface area contributed by atoms with Crippen LogP contribution in [0.2, 0.25) is 0 Å². The van der Waals surface area contributed by atoms with E-state index in [-0.39, 0.29) is 18.0 Å². The first kappa shape index (κ1) is 15.4. The Labute approximate surface area is 134 Å². The number of rotatable bonds is 4. The van der Waals surface area contributed by atoms with Gasteiger partial charge in [0.05, 0.1) is 4.92 Å². The van der Waals surface area contributed by atoms with Gasteiger partial charge in [-0.2, -0.15) is 5.10 Å². The average Bonchev–Trinajstić information content (AvgIpc) is 2.80. The summed E-state index contributed by atoms with van der Waals surface area (Å²) in [7, 11) is 0.